The summed E-state index contributed by atoms with van der Waals surface area (Å²) in [6.45, 7) is 3.47. The van der Waals surface area contributed by atoms with E-state index in [4.69, 9.17) is 15.2 Å². The molecule has 7 heteroatoms. The number of benzene rings is 1. The molecule has 0 atom stereocenters. The fourth-order valence-electron chi connectivity index (χ4n) is 1.68. The fourth-order valence-corrected chi connectivity index (χ4v) is 1.68. The van der Waals surface area contributed by atoms with Crippen LogP contribution in [-0.2, 0) is 9.53 Å². The molecule has 1 rings (SSSR count). The lowest BCUT2D eigenvalue weighted by Crippen LogP contribution is -2.28. The van der Waals surface area contributed by atoms with Gasteiger partial charge in [0.05, 0.1) is 24.6 Å². The molecule has 0 saturated heterocycles. The number of hydrogen-bond acceptors (Lipinski definition) is 5. The first-order valence-corrected chi connectivity index (χ1v) is 6.79. The summed E-state index contributed by atoms with van der Waals surface area (Å²) >= 11 is 0. The van der Waals surface area contributed by atoms with Gasteiger partial charge in [0.15, 0.2) is 11.6 Å². The van der Waals surface area contributed by atoms with Gasteiger partial charge in [-0.05, 0) is 6.92 Å². The SMILES string of the molecule is CCOc1cc(NCCC(=O)NCCOC)c(N)cc1F. The number of hydrogen-bond donors (Lipinski definition) is 3. The highest BCUT2D eigenvalue weighted by molar-refractivity contribution is 5.77. The highest BCUT2D eigenvalue weighted by Crippen LogP contribution is 2.28. The first-order valence-electron chi connectivity index (χ1n) is 6.79. The van der Waals surface area contributed by atoms with Crippen molar-refractivity contribution in [3.05, 3.63) is 17.9 Å². The van der Waals surface area contributed by atoms with E-state index in [0.29, 0.717) is 32.0 Å². The highest BCUT2D eigenvalue weighted by atomic mass is 19.1. The number of nitrogens with one attached hydrogen (secondary N) is 2. The molecular formula is C14H22FN3O3. The molecule has 118 valence electrons. The molecule has 0 unspecified atom stereocenters. The maximum atomic E-state index is 13.5. The summed E-state index contributed by atoms with van der Waals surface area (Å²) in [5.74, 6) is -0.457. The molecule has 0 spiro atoms. The molecule has 0 saturated carbocycles. The van der Waals surface area contributed by atoms with Crippen LogP contribution >= 0.6 is 0 Å². The Balaban J connectivity index is 2.47. The number of carbonyl (C=O) groups is 1. The number of halogens is 1. The number of carbonyl (C=O) groups excluding carboxylic acids is 1. The van der Waals surface area contributed by atoms with Crippen LogP contribution in [0.15, 0.2) is 12.1 Å². The van der Waals surface area contributed by atoms with E-state index in [2.05, 4.69) is 10.6 Å². The van der Waals surface area contributed by atoms with Crippen LogP contribution in [0.2, 0.25) is 0 Å². The molecule has 0 aliphatic carbocycles. The van der Waals surface area contributed by atoms with Crippen molar-refractivity contribution < 1.29 is 18.7 Å². The summed E-state index contributed by atoms with van der Waals surface area (Å²) in [6.07, 6.45) is 0.282. The fraction of sp³-hybridized carbons (Fsp3) is 0.500. The van der Waals surface area contributed by atoms with Crippen molar-refractivity contribution in [3.63, 3.8) is 0 Å². The van der Waals surface area contributed by atoms with Crippen molar-refractivity contribution in [3.8, 4) is 5.75 Å². The van der Waals surface area contributed by atoms with Gasteiger partial charge >= 0.3 is 0 Å². The third-order valence-corrected chi connectivity index (χ3v) is 2.70. The third-order valence-electron chi connectivity index (χ3n) is 2.70. The Hall–Kier alpha value is -2.02. The number of amides is 1. The van der Waals surface area contributed by atoms with Crippen LogP contribution in [-0.4, -0.2) is 39.3 Å². The van der Waals surface area contributed by atoms with Gasteiger partial charge in [-0.25, -0.2) is 4.39 Å². The Morgan fingerprint density at radius 1 is 1.38 bits per heavy atom. The lowest BCUT2D eigenvalue weighted by atomic mass is 10.2. The minimum Gasteiger partial charge on any atom is -0.491 e. The molecule has 0 fully saturated rings. The lowest BCUT2D eigenvalue weighted by Gasteiger charge is -2.12. The van der Waals surface area contributed by atoms with E-state index < -0.39 is 5.82 Å². The summed E-state index contributed by atoms with van der Waals surface area (Å²) in [4.78, 5) is 11.5. The van der Waals surface area contributed by atoms with Crippen molar-refractivity contribution in [2.75, 3.05) is 44.5 Å². The van der Waals surface area contributed by atoms with E-state index >= 15 is 0 Å². The molecule has 0 radical (unpaired) electrons. The Labute approximate surface area is 123 Å². The monoisotopic (exact) mass is 299 g/mol. The summed E-state index contributed by atoms with van der Waals surface area (Å²) in [7, 11) is 1.57. The van der Waals surface area contributed by atoms with Gasteiger partial charge < -0.3 is 25.8 Å². The first-order chi connectivity index (χ1) is 10.1. The van der Waals surface area contributed by atoms with Crippen LogP contribution < -0.4 is 21.1 Å². The first kappa shape index (κ1) is 17.0. The number of ether oxygens (including phenoxy) is 2. The van der Waals surface area contributed by atoms with Gasteiger partial charge in [-0.3, -0.25) is 4.79 Å². The van der Waals surface area contributed by atoms with Gasteiger partial charge in [0.2, 0.25) is 5.91 Å². The molecule has 4 N–H and O–H groups in total. The number of rotatable bonds is 9. The largest absolute Gasteiger partial charge is 0.491 e. The van der Waals surface area contributed by atoms with Gasteiger partial charge in [0, 0.05) is 38.8 Å². The molecule has 6 nitrogen and oxygen atoms in total. The van der Waals surface area contributed by atoms with E-state index in [1.54, 1.807) is 14.0 Å². The smallest absolute Gasteiger partial charge is 0.221 e. The Morgan fingerprint density at radius 2 is 2.14 bits per heavy atom. The summed E-state index contributed by atoms with van der Waals surface area (Å²) in [6, 6.07) is 2.70. The molecule has 0 heterocycles. The lowest BCUT2D eigenvalue weighted by molar-refractivity contribution is -0.121. The van der Waals surface area contributed by atoms with Gasteiger partial charge in [0.1, 0.15) is 0 Å². The van der Waals surface area contributed by atoms with Crippen molar-refractivity contribution >= 4 is 17.3 Å². The normalized spacial score (nSPS) is 10.2. The second-order valence-corrected chi connectivity index (χ2v) is 4.32. The van der Waals surface area contributed by atoms with E-state index in [1.807, 2.05) is 0 Å². The second-order valence-electron chi connectivity index (χ2n) is 4.32. The minimum atomic E-state index is -0.503. The van der Waals surface area contributed by atoms with E-state index in [9.17, 15) is 9.18 Å². The Bertz CT molecular complexity index is 469. The Morgan fingerprint density at radius 3 is 2.81 bits per heavy atom. The molecule has 1 amide bonds. The average Bonchev–Trinajstić information content (AvgIpc) is 2.44. The van der Waals surface area contributed by atoms with Crippen LogP contribution in [0, 0.1) is 5.82 Å². The van der Waals surface area contributed by atoms with Gasteiger partial charge in [0.25, 0.3) is 0 Å². The Kier molecular flexibility index (Phi) is 7.31. The van der Waals surface area contributed by atoms with E-state index in [0.717, 1.165) is 0 Å². The zero-order valence-corrected chi connectivity index (χ0v) is 12.4. The van der Waals surface area contributed by atoms with Crippen LogP contribution in [0.4, 0.5) is 15.8 Å². The van der Waals surface area contributed by atoms with Gasteiger partial charge in [-0.2, -0.15) is 0 Å². The average molecular weight is 299 g/mol. The number of anilines is 2. The molecule has 0 aromatic heterocycles. The molecule has 1 aromatic rings. The van der Waals surface area contributed by atoms with Crippen molar-refractivity contribution in [1.82, 2.24) is 5.32 Å². The second kappa shape index (κ2) is 9.02. The predicted molar refractivity (Wildman–Crippen MR) is 80.0 cm³/mol. The maximum Gasteiger partial charge on any atom is 0.221 e. The minimum absolute atomic E-state index is 0.0923. The summed E-state index contributed by atoms with van der Waals surface area (Å²) in [5.41, 5.74) is 6.55. The van der Waals surface area contributed by atoms with Crippen molar-refractivity contribution in [2.45, 2.75) is 13.3 Å². The summed E-state index contributed by atoms with van der Waals surface area (Å²) in [5, 5.41) is 5.70. The predicted octanol–water partition coefficient (Wildman–Crippen LogP) is 1.37. The number of nitrogens with two attached hydrogens (primary N) is 1. The van der Waals surface area contributed by atoms with Crippen LogP contribution in [0.1, 0.15) is 13.3 Å². The molecule has 0 aliphatic rings. The topological polar surface area (TPSA) is 85.6 Å². The van der Waals surface area contributed by atoms with Crippen LogP contribution in [0.5, 0.6) is 5.75 Å². The van der Waals surface area contributed by atoms with Crippen molar-refractivity contribution in [1.29, 1.82) is 0 Å². The maximum absolute atomic E-state index is 13.5. The zero-order chi connectivity index (χ0) is 15.7. The zero-order valence-electron chi connectivity index (χ0n) is 12.4. The van der Waals surface area contributed by atoms with E-state index in [1.165, 1.54) is 12.1 Å². The van der Waals surface area contributed by atoms with Gasteiger partial charge in [-0.15, -0.1) is 0 Å². The van der Waals surface area contributed by atoms with Crippen LogP contribution in [0.25, 0.3) is 0 Å². The molecular weight excluding hydrogens is 277 g/mol. The molecule has 0 aliphatic heterocycles. The van der Waals surface area contributed by atoms with E-state index in [-0.39, 0.29) is 23.8 Å². The molecule has 1 aromatic carbocycles. The molecule has 0 bridgehead atoms. The highest BCUT2D eigenvalue weighted by Gasteiger charge is 2.09. The standard InChI is InChI=1S/C14H22FN3O3/c1-3-21-13-9-12(11(16)8-10(13)15)17-5-4-14(19)18-6-7-20-2/h8-9,17H,3-7,16H2,1-2H3,(H,18,19). The van der Waals surface area contributed by atoms with Gasteiger partial charge in [-0.1, -0.05) is 0 Å². The molecule has 21 heavy (non-hydrogen) atoms. The van der Waals surface area contributed by atoms with Crippen LogP contribution in [0.3, 0.4) is 0 Å². The third kappa shape index (κ3) is 5.86. The summed E-state index contributed by atoms with van der Waals surface area (Å²) < 4.78 is 23.5. The quantitative estimate of drug-likeness (QED) is 0.474. The number of nitrogen functional groups attached to an aromatic ring is 1. The van der Waals surface area contributed by atoms with Crippen molar-refractivity contribution in [2.24, 2.45) is 0 Å². The number of methoxy groups -OCH3 is 1.